The second-order valence-corrected chi connectivity index (χ2v) is 6.53. The number of aliphatic imine (C=N–C) groups is 1. The van der Waals surface area contributed by atoms with E-state index in [1.165, 1.54) is 12.1 Å². The van der Waals surface area contributed by atoms with Gasteiger partial charge in [-0.05, 0) is 18.2 Å². The molecule has 0 radical (unpaired) electrons. The zero-order valence-corrected chi connectivity index (χ0v) is 16.7. The highest BCUT2D eigenvalue weighted by atomic mass is 127. The van der Waals surface area contributed by atoms with Gasteiger partial charge in [-0.3, -0.25) is 0 Å². The van der Waals surface area contributed by atoms with E-state index < -0.39 is 0 Å². The van der Waals surface area contributed by atoms with Gasteiger partial charge in [0, 0.05) is 42.4 Å². The fourth-order valence-corrected chi connectivity index (χ4v) is 3.24. The van der Waals surface area contributed by atoms with E-state index in [1.807, 2.05) is 23.9 Å². The minimum atomic E-state index is -0.352. The molecule has 0 aliphatic carbocycles. The summed E-state index contributed by atoms with van der Waals surface area (Å²) in [6.45, 7) is 2.20. The largest absolute Gasteiger partial charge is 0.439 e. The number of ether oxygens (including phenoxy) is 1. The van der Waals surface area contributed by atoms with Crippen molar-refractivity contribution in [1.82, 2.24) is 9.88 Å². The molecule has 8 heteroatoms. The Bertz CT molecular complexity index is 725. The van der Waals surface area contributed by atoms with Gasteiger partial charge in [0.2, 0.25) is 5.88 Å². The Kier molecular flexibility index (Phi) is 7.76. The quantitative estimate of drug-likeness (QED) is 0.418. The van der Waals surface area contributed by atoms with Gasteiger partial charge in [-0.25, -0.2) is 14.4 Å². The lowest BCUT2D eigenvalue weighted by Gasteiger charge is -2.27. The third-order valence-electron chi connectivity index (χ3n) is 3.61. The molecule has 5 nitrogen and oxygen atoms in total. The third-order valence-corrected chi connectivity index (χ3v) is 4.55. The normalized spacial score (nSPS) is 14.8. The molecule has 0 unspecified atom stereocenters. The average Bonchev–Trinajstić information content (AvgIpc) is 2.61. The molecule has 1 aliphatic heterocycles. The molecule has 1 fully saturated rings. The van der Waals surface area contributed by atoms with Gasteiger partial charge in [0.1, 0.15) is 11.6 Å². The van der Waals surface area contributed by atoms with Crippen LogP contribution in [0.4, 0.5) is 4.39 Å². The van der Waals surface area contributed by atoms with E-state index in [0.29, 0.717) is 24.1 Å². The molecule has 2 aromatic rings. The first-order valence-corrected chi connectivity index (χ1v) is 8.88. The van der Waals surface area contributed by atoms with Crippen LogP contribution in [0.2, 0.25) is 0 Å². The molecule has 3 rings (SSSR count). The number of benzene rings is 1. The van der Waals surface area contributed by atoms with Crippen LogP contribution < -0.4 is 10.5 Å². The highest BCUT2D eigenvalue weighted by Crippen LogP contribution is 2.24. The highest BCUT2D eigenvalue weighted by Gasteiger charge is 2.13. The zero-order chi connectivity index (χ0) is 16.8. The maximum Gasteiger partial charge on any atom is 0.224 e. The minimum absolute atomic E-state index is 0. The van der Waals surface area contributed by atoms with Crippen LogP contribution in [0.5, 0.6) is 11.6 Å². The molecule has 0 amide bonds. The Labute approximate surface area is 167 Å². The van der Waals surface area contributed by atoms with Gasteiger partial charge in [0.15, 0.2) is 5.96 Å². The van der Waals surface area contributed by atoms with Crippen molar-refractivity contribution in [2.75, 3.05) is 24.6 Å². The predicted octanol–water partition coefficient (Wildman–Crippen LogP) is 3.49. The summed E-state index contributed by atoms with van der Waals surface area (Å²) in [6, 6.07) is 9.67. The Morgan fingerprint density at radius 3 is 2.84 bits per heavy atom. The molecule has 2 N–H and O–H groups in total. The van der Waals surface area contributed by atoms with Crippen LogP contribution in [0.3, 0.4) is 0 Å². The van der Waals surface area contributed by atoms with E-state index in [2.05, 4.69) is 14.9 Å². The fourth-order valence-electron chi connectivity index (χ4n) is 2.34. The summed E-state index contributed by atoms with van der Waals surface area (Å²) in [6.07, 6.45) is 1.63. The molecule has 0 saturated carbocycles. The molecule has 2 heterocycles. The van der Waals surface area contributed by atoms with E-state index in [9.17, 15) is 4.39 Å². The SMILES string of the molecule is I.NC(=NCc1cccnc1Oc1cccc(F)c1)N1CCSCC1. The number of nitrogens with zero attached hydrogens (tertiary/aromatic N) is 3. The van der Waals surface area contributed by atoms with Crippen LogP contribution in [0.1, 0.15) is 5.56 Å². The molecule has 1 aromatic carbocycles. The van der Waals surface area contributed by atoms with E-state index in [0.717, 1.165) is 30.2 Å². The predicted molar refractivity (Wildman–Crippen MR) is 110 cm³/mol. The fraction of sp³-hybridized carbons (Fsp3) is 0.294. The molecule has 1 aromatic heterocycles. The molecule has 1 saturated heterocycles. The Morgan fingerprint density at radius 2 is 2.08 bits per heavy atom. The van der Waals surface area contributed by atoms with Gasteiger partial charge < -0.3 is 15.4 Å². The van der Waals surface area contributed by atoms with Gasteiger partial charge >= 0.3 is 0 Å². The number of guanidine groups is 1. The molecule has 134 valence electrons. The number of thioether (sulfide) groups is 1. The van der Waals surface area contributed by atoms with E-state index in [-0.39, 0.29) is 29.8 Å². The van der Waals surface area contributed by atoms with Crippen molar-refractivity contribution >= 4 is 41.7 Å². The summed E-state index contributed by atoms with van der Waals surface area (Å²) >= 11 is 1.92. The lowest BCUT2D eigenvalue weighted by Crippen LogP contribution is -2.42. The summed E-state index contributed by atoms with van der Waals surface area (Å²) < 4.78 is 19.0. The van der Waals surface area contributed by atoms with Gasteiger partial charge in [0.05, 0.1) is 6.54 Å². The van der Waals surface area contributed by atoms with Crippen LogP contribution in [0.25, 0.3) is 0 Å². The van der Waals surface area contributed by atoms with E-state index in [4.69, 9.17) is 10.5 Å². The molecule has 0 spiro atoms. The number of hydrogen-bond donors (Lipinski definition) is 1. The van der Waals surface area contributed by atoms with Crippen molar-refractivity contribution in [3.63, 3.8) is 0 Å². The van der Waals surface area contributed by atoms with Crippen LogP contribution in [0, 0.1) is 5.82 Å². The topological polar surface area (TPSA) is 63.7 Å². The average molecular weight is 474 g/mol. The van der Waals surface area contributed by atoms with E-state index >= 15 is 0 Å². The lowest BCUT2D eigenvalue weighted by molar-refractivity contribution is 0.448. The first-order chi connectivity index (χ1) is 11.7. The van der Waals surface area contributed by atoms with Crippen molar-refractivity contribution in [3.8, 4) is 11.6 Å². The molecular formula is C17H20FIN4OS. The van der Waals surface area contributed by atoms with Crippen LogP contribution in [-0.2, 0) is 6.54 Å². The monoisotopic (exact) mass is 474 g/mol. The summed E-state index contributed by atoms with van der Waals surface area (Å²) in [4.78, 5) is 10.8. The summed E-state index contributed by atoms with van der Waals surface area (Å²) in [7, 11) is 0. The molecule has 25 heavy (non-hydrogen) atoms. The molecule has 0 bridgehead atoms. The maximum absolute atomic E-state index is 13.3. The van der Waals surface area contributed by atoms with Crippen molar-refractivity contribution in [3.05, 3.63) is 54.0 Å². The first-order valence-electron chi connectivity index (χ1n) is 7.72. The first kappa shape index (κ1) is 19.8. The lowest BCUT2D eigenvalue weighted by atomic mass is 10.2. The van der Waals surface area contributed by atoms with Gasteiger partial charge in [-0.2, -0.15) is 11.8 Å². The smallest absolute Gasteiger partial charge is 0.224 e. The zero-order valence-electron chi connectivity index (χ0n) is 13.6. The van der Waals surface area contributed by atoms with E-state index in [1.54, 1.807) is 18.3 Å². The van der Waals surface area contributed by atoms with Gasteiger partial charge in [-0.1, -0.05) is 12.1 Å². The van der Waals surface area contributed by atoms with Crippen molar-refractivity contribution < 1.29 is 9.13 Å². The maximum atomic E-state index is 13.3. The van der Waals surface area contributed by atoms with Crippen molar-refractivity contribution in [1.29, 1.82) is 0 Å². The number of halogens is 2. The third kappa shape index (κ3) is 5.74. The summed E-state index contributed by atoms with van der Waals surface area (Å²) in [5.74, 6) is 3.13. The van der Waals surface area contributed by atoms with Crippen LogP contribution >= 0.6 is 35.7 Å². The molecule has 1 aliphatic rings. The van der Waals surface area contributed by atoms with Crippen molar-refractivity contribution in [2.45, 2.75) is 6.54 Å². The second-order valence-electron chi connectivity index (χ2n) is 5.30. The number of rotatable bonds is 4. The van der Waals surface area contributed by atoms with Crippen molar-refractivity contribution in [2.24, 2.45) is 10.7 Å². The summed E-state index contributed by atoms with van der Waals surface area (Å²) in [5, 5.41) is 0. The standard InChI is InChI=1S/C17H19FN4OS.HI/c18-14-4-1-5-15(11-14)23-16-13(3-2-6-20-16)12-21-17(19)22-7-9-24-10-8-22;/h1-6,11H,7-10,12H2,(H2,19,21);1H. The summed E-state index contributed by atoms with van der Waals surface area (Å²) in [5.41, 5.74) is 6.88. The number of aromatic nitrogens is 1. The minimum Gasteiger partial charge on any atom is -0.439 e. The number of pyridine rings is 1. The molecular weight excluding hydrogens is 454 g/mol. The van der Waals surface area contributed by atoms with Crippen LogP contribution in [0.15, 0.2) is 47.6 Å². The Morgan fingerprint density at radius 1 is 1.28 bits per heavy atom. The highest BCUT2D eigenvalue weighted by molar-refractivity contribution is 14.0. The van der Waals surface area contributed by atoms with Crippen LogP contribution in [-0.4, -0.2) is 40.4 Å². The number of nitrogens with two attached hydrogens (primary N) is 1. The molecule has 0 atom stereocenters. The number of hydrogen-bond acceptors (Lipinski definition) is 4. The Hall–Kier alpha value is -1.55. The van der Waals surface area contributed by atoms with Gasteiger partial charge in [0.25, 0.3) is 0 Å². The van der Waals surface area contributed by atoms with Gasteiger partial charge in [-0.15, -0.1) is 24.0 Å². The second kappa shape index (κ2) is 9.81. The Balaban J connectivity index is 0.00000225.